The largest absolute Gasteiger partial charge is 0.465 e. The molecule has 0 unspecified atom stereocenters. The van der Waals surface area contributed by atoms with E-state index < -0.39 is 6.09 Å². The highest BCUT2D eigenvalue weighted by molar-refractivity contribution is 5.65. The first-order valence-corrected chi connectivity index (χ1v) is 7.23. The van der Waals surface area contributed by atoms with Crippen LogP contribution in [0.3, 0.4) is 0 Å². The van der Waals surface area contributed by atoms with E-state index in [-0.39, 0.29) is 0 Å². The molecule has 1 fully saturated rings. The van der Waals surface area contributed by atoms with Crippen LogP contribution >= 0.6 is 0 Å². The molecule has 5 heteroatoms. The molecule has 5 nitrogen and oxygen atoms in total. The summed E-state index contributed by atoms with van der Waals surface area (Å²) in [6, 6.07) is 8.15. The van der Waals surface area contributed by atoms with Gasteiger partial charge in [0.25, 0.3) is 0 Å². The van der Waals surface area contributed by atoms with E-state index in [1.165, 1.54) is 16.0 Å². The lowest BCUT2D eigenvalue weighted by atomic mass is 9.92. The second-order valence-electron chi connectivity index (χ2n) is 5.55. The van der Waals surface area contributed by atoms with Crippen LogP contribution in [0, 0.1) is 6.92 Å². The van der Waals surface area contributed by atoms with Crippen molar-refractivity contribution in [2.45, 2.75) is 25.7 Å². The Labute approximate surface area is 123 Å². The van der Waals surface area contributed by atoms with E-state index in [0.717, 1.165) is 18.5 Å². The molecule has 1 saturated heterocycles. The summed E-state index contributed by atoms with van der Waals surface area (Å²) in [5, 5.41) is 13.5. The molecule has 21 heavy (non-hydrogen) atoms. The average Bonchev–Trinajstić information content (AvgIpc) is 2.97. The Kier molecular flexibility index (Phi) is 3.64. The summed E-state index contributed by atoms with van der Waals surface area (Å²) in [4.78, 5) is 12.4. The number of likely N-dealkylation sites (tertiary alicyclic amines) is 1. The lowest BCUT2D eigenvalue weighted by Gasteiger charge is -2.29. The number of carboxylic acid groups (broad SMARTS) is 1. The van der Waals surface area contributed by atoms with Crippen molar-refractivity contribution in [3.8, 4) is 5.69 Å². The third-order valence-electron chi connectivity index (χ3n) is 4.20. The van der Waals surface area contributed by atoms with Gasteiger partial charge in [0.05, 0.1) is 11.9 Å². The summed E-state index contributed by atoms with van der Waals surface area (Å²) >= 11 is 0. The Morgan fingerprint density at radius 2 is 2.00 bits per heavy atom. The zero-order valence-corrected chi connectivity index (χ0v) is 12.1. The fraction of sp³-hybridized carbons (Fsp3) is 0.375. The summed E-state index contributed by atoms with van der Waals surface area (Å²) in [5.41, 5.74) is 3.47. The zero-order chi connectivity index (χ0) is 14.8. The van der Waals surface area contributed by atoms with Gasteiger partial charge in [-0.1, -0.05) is 18.2 Å². The number of aromatic nitrogens is 2. The lowest BCUT2D eigenvalue weighted by Crippen LogP contribution is -2.36. The first kappa shape index (κ1) is 13.7. The maximum atomic E-state index is 10.9. The summed E-state index contributed by atoms with van der Waals surface area (Å²) in [5.74, 6) is 0.401. The number of hydrogen-bond acceptors (Lipinski definition) is 2. The number of para-hydroxylation sites is 1. The number of amides is 1. The van der Waals surface area contributed by atoms with Crippen LogP contribution < -0.4 is 0 Å². The molecule has 2 aromatic rings. The van der Waals surface area contributed by atoms with Crippen LogP contribution in [0.4, 0.5) is 4.79 Å². The molecule has 0 radical (unpaired) electrons. The topological polar surface area (TPSA) is 58.4 Å². The monoisotopic (exact) mass is 285 g/mol. The number of hydrogen-bond donors (Lipinski definition) is 1. The van der Waals surface area contributed by atoms with E-state index in [9.17, 15) is 4.79 Å². The van der Waals surface area contributed by atoms with E-state index in [1.807, 2.05) is 23.0 Å². The number of benzene rings is 1. The normalized spacial score (nSPS) is 16.1. The average molecular weight is 285 g/mol. The van der Waals surface area contributed by atoms with Crippen molar-refractivity contribution in [3.63, 3.8) is 0 Å². The maximum absolute atomic E-state index is 10.9. The van der Waals surface area contributed by atoms with Crippen molar-refractivity contribution in [1.82, 2.24) is 14.7 Å². The van der Waals surface area contributed by atoms with Gasteiger partial charge in [0.1, 0.15) is 0 Å². The summed E-state index contributed by atoms with van der Waals surface area (Å²) < 4.78 is 1.91. The Morgan fingerprint density at radius 3 is 2.67 bits per heavy atom. The Morgan fingerprint density at radius 1 is 1.29 bits per heavy atom. The van der Waals surface area contributed by atoms with Gasteiger partial charge in [0, 0.05) is 19.3 Å². The minimum atomic E-state index is -0.816. The van der Waals surface area contributed by atoms with Crippen LogP contribution in [0.1, 0.15) is 29.9 Å². The predicted molar refractivity (Wildman–Crippen MR) is 79.9 cm³/mol. The molecular formula is C16H19N3O2. The molecule has 0 spiro atoms. The lowest BCUT2D eigenvalue weighted by molar-refractivity contribution is 0.132. The molecule has 1 aromatic heterocycles. The SMILES string of the molecule is Cc1ccccc1-n1cc(C2CCN(C(=O)O)CC2)cn1. The van der Waals surface area contributed by atoms with Gasteiger partial charge in [0.15, 0.2) is 0 Å². The van der Waals surface area contributed by atoms with Crippen LogP contribution in [-0.4, -0.2) is 39.0 Å². The standard InChI is InChI=1S/C16H19N3O2/c1-12-4-2-3-5-15(12)19-11-14(10-17-19)13-6-8-18(9-7-13)16(20)21/h2-5,10-11,13H,6-9H2,1H3,(H,20,21). The van der Waals surface area contributed by atoms with Crippen LogP contribution in [0.15, 0.2) is 36.7 Å². The van der Waals surface area contributed by atoms with Gasteiger partial charge in [-0.05, 0) is 42.9 Å². The van der Waals surface area contributed by atoms with Crippen LogP contribution in [-0.2, 0) is 0 Å². The first-order valence-electron chi connectivity index (χ1n) is 7.23. The highest BCUT2D eigenvalue weighted by Crippen LogP contribution is 2.28. The van der Waals surface area contributed by atoms with Gasteiger partial charge in [0.2, 0.25) is 0 Å². The molecule has 0 atom stereocenters. The van der Waals surface area contributed by atoms with Crippen molar-refractivity contribution >= 4 is 6.09 Å². The van der Waals surface area contributed by atoms with Gasteiger partial charge in [-0.3, -0.25) is 0 Å². The maximum Gasteiger partial charge on any atom is 0.407 e. The number of piperidine rings is 1. The van der Waals surface area contributed by atoms with Gasteiger partial charge in [-0.2, -0.15) is 5.10 Å². The molecule has 1 aliphatic rings. The third kappa shape index (κ3) is 2.77. The molecule has 0 aliphatic carbocycles. The predicted octanol–water partition coefficient (Wildman–Crippen LogP) is 3.04. The molecule has 1 aliphatic heterocycles. The summed E-state index contributed by atoms with van der Waals surface area (Å²) in [6.07, 6.45) is 4.90. The summed E-state index contributed by atoms with van der Waals surface area (Å²) in [6.45, 7) is 3.28. The molecule has 0 bridgehead atoms. The van der Waals surface area contributed by atoms with E-state index in [1.54, 1.807) is 0 Å². The van der Waals surface area contributed by atoms with Gasteiger partial charge >= 0.3 is 6.09 Å². The number of carbonyl (C=O) groups is 1. The Hall–Kier alpha value is -2.30. The third-order valence-corrected chi connectivity index (χ3v) is 4.20. The molecule has 3 rings (SSSR count). The molecule has 0 saturated carbocycles. The number of rotatable bonds is 2. The highest BCUT2D eigenvalue weighted by Gasteiger charge is 2.24. The molecule has 110 valence electrons. The van der Waals surface area contributed by atoms with Crippen molar-refractivity contribution in [3.05, 3.63) is 47.8 Å². The van der Waals surface area contributed by atoms with Crippen LogP contribution in [0.2, 0.25) is 0 Å². The van der Waals surface area contributed by atoms with E-state index >= 15 is 0 Å². The van der Waals surface area contributed by atoms with E-state index in [2.05, 4.69) is 30.4 Å². The second-order valence-corrected chi connectivity index (χ2v) is 5.55. The van der Waals surface area contributed by atoms with Crippen molar-refractivity contribution in [1.29, 1.82) is 0 Å². The summed E-state index contributed by atoms with van der Waals surface area (Å²) in [7, 11) is 0. The molecule has 1 aromatic carbocycles. The number of aryl methyl sites for hydroxylation is 1. The van der Waals surface area contributed by atoms with Crippen molar-refractivity contribution in [2.24, 2.45) is 0 Å². The second kappa shape index (κ2) is 5.60. The van der Waals surface area contributed by atoms with Crippen molar-refractivity contribution in [2.75, 3.05) is 13.1 Å². The minimum Gasteiger partial charge on any atom is -0.465 e. The van der Waals surface area contributed by atoms with Crippen molar-refractivity contribution < 1.29 is 9.90 Å². The molecule has 2 heterocycles. The van der Waals surface area contributed by atoms with Gasteiger partial charge < -0.3 is 10.0 Å². The first-order chi connectivity index (χ1) is 10.1. The van der Waals surface area contributed by atoms with Gasteiger partial charge in [-0.25, -0.2) is 9.48 Å². The molecule has 1 N–H and O–H groups in total. The molecule has 1 amide bonds. The quantitative estimate of drug-likeness (QED) is 0.922. The van der Waals surface area contributed by atoms with E-state index in [4.69, 9.17) is 5.11 Å². The Bertz CT molecular complexity index is 642. The Balaban J connectivity index is 1.74. The zero-order valence-electron chi connectivity index (χ0n) is 12.1. The van der Waals surface area contributed by atoms with E-state index in [0.29, 0.717) is 19.0 Å². The minimum absolute atomic E-state index is 0.401. The van der Waals surface area contributed by atoms with Gasteiger partial charge in [-0.15, -0.1) is 0 Å². The fourth-order valence-corrected chi connectivity index (χ4v) is 2.90. The molecular weight excluding hydrogens is 266 g/mol. The highest BCUT2D eigenvalue weighted by atomic mass is 16.4. The fourth-order valence-electron chi connectivity index (χ4n) is 2.90. The van der Waals surface area contributed by atoms with Crippen LogP contribution in [0.5, 0.6) is 0 Å². The smallest absolute Gasteiger partial charge is 0.407 e. The van der Waals surface area contributed by atoms with Crippen LogP contribution in [0.25, 0.3) is 5.69 Å². The number of nitrogens with zero attached hydrogens (tertiary/aromatic N) is 3.